The van der Waals surface area contributed by atoms with Crippen molar-refractivity contribution in [3.8, 4) is 0 Å². The van der Waals surface area contributed by atoms with Crippen LogP contribution < -0.4 is 5.32 Å². The zero-order chi connectivity index (χ0) is 11.7. The third-order valence-corrected chi connectivity index (χ3v) is 3.34. The van der Waals surface area contributed by atoms with Gasteiger partial charge in [-0.05, 0) is 36.6 Å². The average Bonchev–Trinajstić information content (AvgIpc) is 2.39. The molecule has 0 radical (unpaired) electrons. The molecule has 0 aliphatic carbocycles. The van der Waals surface area contributed by atoms with E-state index in [0.717, 1.165) is 18.7 Å². The highest BCUT2D eigenvalue weighted by atomic mass is 14.9. The molecule has 86 valence electrons. The van der Waals surface area contributed by atoms with Crippen molar-refractivity contribution in [3.63, 3.8) is 0 Å². The number of hydrogen-bond acceptors (Lipinski definition) is 2. The van der Waals surface area contributed by atoms with Crippen LogP contribution in [-0.2, 0) is 6.42 Å². The van der Waals surface area contributed by atoms with E-state index in [0.29, 0.717) is 0 Å². The van der Waals surface area contributed by atoms with Crippen molar-refractivity contribution < 1.29 is 0 Å². The van der Waals surface area contributed by atoms with Crippen molar-refractivity contribution in [2.24, 2.45) is 0 Å². The topological polar surface area (TPSA) is 24.9 Å². The maximum Gasteiger partial charge on any atom is 0.0754 e. The molecule has 17 heavy (non-hydrogen) atoms. The SMILES string of the molecule is Cc1ccc2c(c1)[C@@H](c1ccccn1)NCC2. The van der Waals surface area contributed by atoms with E-state index in [2.05, 4.69) is 41.5 Å². The zero-order valence-electron chi connectivity index (χ0n) is 9.98. The fourth-order valence-electron chi connectivity index (χ4n) is 2.48. The van der Waals surface area contributed by atoms with E-state index in [1.54, 1.807) is 0 Å². The van der Waals surface area contributed by atoms with E-state index < -0.39 is 0 Å². The van der Waals surface area contributed by atoms with E-state index >= 15 is 0 Å². The highest BCUT2D eigenvalue weighted by molar-refractivity contribution is 5.39. The van der Waals surface area contributed by atoms with Gasteiger partial charge in [0.05, 0.1) is 11.7 Å². The molecule has 1 N–H and O–H groups in total. The zero-order valence-corrected chi connectivity index (χ0v) is 9.98. The van der Waals surface area contributed by atoms with Crippen LogP contribution in [0.4, 0.5) is 0 Å². The van der Waals surface area contributed by atoms with Crippen molar-refractivity contribution in [3.05, 3.63) is 65.0 Å². The predicted molar refractivity (Wildman–Crippen MR) is 69.0 cm³/mol. The number of aryl methyl sites for hydroxylation is 1. The summed E-state index contributed by atoms with van der Waals surface area (Å²) >= 11 is 0. The van der Waals surface area contributed by atoms with Crippen LogP contribution in [0.2, 0.25) is 0 Å². The maximum atomic E-state index is 4.47. The molecule has 0 saturated heterocycles. The van der Waals surface area contributed by atoms with Gasteiger partial charge in [-0.3, -0.25) is 4.98 Å². The predicted octanol–water partition coefficient (Wildman–Crippen LogP) is 2.63. The molecule has 2 nitrogen and oxygen atoms in total. The summed E-state index contributed by atoms with van der Waals surface area (Å²) in [5.74, 6) is 0. The van der Waals surface area contributed by atoms with Gasteiger partial charge in [0.15, 0.2) is 0 Å². The molecule has 1 aliphatic heterocycles. The monoisotopic (exact) mass is 224 g/mol. The summed E-state index contributed by atoms with van der Waals surface area (Å²) < 4.78 is 0. The minimum atomic E-state index is 0.250. The number of fused-ring (bicyclic) bond motifs is 1. The number of pyridine rings is 1. The maximum absolute atomic E-state index is 4.47. The summed E-state index contributed by atoms with van der Waals surface area (Å²) in [6.07, 6.45) is 2.97. The quantitative estimate of drug-likeness (QED) is 0.805. The fraction of sp³-hybridized carbons (Fsp3) is 0.267. The molecule has 0 amide bonds. The molecule has 1 aromatic heterocycles. The molecule has 0 saturated carbocycles. The molecule has 1 aliphatic rings. The summed E-state index contributed by atoms with van der Waals surface area (Å²) in [5, 5.41) is 3.56. The van der Waals surface area contributed by atoms with E-state index in [1.165, 1.54) is 16.7 Å². The van der Waals surface area contributed by atoms with Crippen molar-refractivity contribution in [1.29, 1.82) is 0 Å². The van der Waals surface area contributed by atoms with Crippen LogP contribution >= 0.6 is 0 Å². The number of benzene rings is 1. The van der Waals surface area contributed by atoms with Gasteiger partial charge in [-0.15, -0.1) is 0 Å². The smallest absolute Gasteiger partial charge is 0.0754 e. The Hall–Kier alpha value is -1.67. The van der Waals surface area contributed by atoms with Crippen LogP contribution in [-0.4, -0.2) is 11.5 Å². The van der Waals surface area contributed by atoms with Crippen LogP contribution in [0.5, 0.6) is 0 Å². The van der Waals surface area contributed by atoms with Crippen LogP contribution in [0.15, 0.2) is 42.6 Å². The molecular weight excluding hydrogens is 208 g/mol. The molecule has 1 aromatic carbocycles. The molecule has 0 unspecified atom stereocenters. The molecule has 0 bridgehead atoms. The first-order valence-corrected chi connectivity index (χ1v) is 6.08. The standard InChI is InChI=1S/C15H16N2/c1-11-5-6-12-7-9-17-15(13(12)10-11)14-4-2-3-8-16-14/h2-6,8,10,15,17H,7,9H2,1H3/t15-/m0/s1. The lowest BCUT2D eigenvalue weighted by atomic mass is 9.91. The van der Waals surface area contributed by atoms with Crippen molar-refractivity contribution >= 4 is 0 Å². The number of hydrogen-bond donors (Lipinski definition) is 1. The first-order chi connectivity index (χ1) is 8.34. The Labute approximate surface area is 102 Å². The lowest BCUT2D eigenvalue weighted by molar-refractivity contribution is 0.556. The first kappa shape index (κ1) is 10.5. The Balaban J connectivity index is 2.08. The summed E-state index contributed by atoms with van der Waals surface area (Å²) in [6.45, 7) is 3.17. The van der Waals surface area contributed by atoms with Gasteiger partial charge in [-0.2, -0.15) is 0 Å². The molecular formula is C15H16N2. The van der Waals surface area contributed by atoms with Gasteiger partial charge in [-0.1, -0.05) is 29.8 Å². The molecule has 1 atom stereocenters. The van der Waals surface area contributed by atoms with Crippen molar-refractivity contribution in [2.75, 3.05) is 6.54 Å². The fourth-order valence-corrected chi connectivity index (χ4v) is 2.48. The second-order valence-corrected chi connectivity index (χ2v) is 4.59. The van der Waals surface area contributed by atoms with Gasteiger partial charge >= 0.3 is 0 Å². The van der Waals surface area contributed by atoms with E-state index in [-0.39, 0.29) is 6.04 Å². The number of nitrogens with zero attached hydrogens (tertiary/aromatic N) is 1. The summed E-state index contributed by atoms with van der Waals surface area (Å²) in [6, 6.07) is 13.1. The second-order valence-electron chi connectivity index (χ2n) is 4.59. The normalized spacial score (nSPS) is 18.8. The van der Waals surface area contributed by atoms with Gasteiger partial charge in [0, 0.05) is 12.7 Å². The minimum absolute atomic E-state index is 0.250. The summed E-state index contributed by atoms with van der Waals surface area (Å²) in [5.41, 5.74) is 5.26. The summed E-state index contributed by atoms with van der Waals surface area (Å²) in [7, 11) is 0. The van der Waals surface area contributed by atoms with E-state index in [1.807, 2.05) is 18.3 Å². The van der Waals surface area contributed by atoms with Gasteiger partial charge < -0.3 is 5.32 Å². The highest BCUT2D eigenvalue weighted by Crippen LogP contribution is 2.28. The van der Waals surface area contributed by atoms with Gasteiger partial charge in [0.25, 0.3) is 0 Å². The molecule has 2 heterocycles. The van der Waals surface area contributed by atoms with E-state index in [4.69, 9.17) is 0 Å². The van der Waals surface area contributed by atoms with Crippen LogP contribution in [0.3, 0.4) is 0 Å². The van der Waals surface area contributed by atoms with Crippen LogP contribution in [0.25, 0.3) is 0 Å². The lowest BCUT2D eigenvalue weighted by Gasteiger charge is -2.27. The van der Waals surface area contributed by atoms with Crippen molar-refractivity contribution in [2.45, 2.75) is 19.4 Å². The molecule has 3 rings (SSSR count). The molecule has 0 spiro atoms. The number of rotatable bonds is 1. The van der Waals surface area contributed by atoms with Crippen LogP contribution in [0, 0.1) is 6.92 Å². The third-order valence-electron chi connectivity index (χ3n) is 3.34. The first-order valence-electron chi connectivity index (χ1n) is 6.08. The lowest BCUT2D eigenvalue weighted by Crippen LogP contribution is -2.31. The van der Waals surface area contributed by atoms with E-state index in [9.17, 15) is 0 Å². The minimum Gasteiger partial charge on any atom is -0.305 e. The molecule has 2 aromatic rings. The van der Waals surface area contributed by atoms with Gasteiger partial charge in [0.2, 0.25) is 0 Å². The number of nitrogens with one attached hydrogen (secondary N) is 1. The second kappa shape index (κ2) is 4.30. The van der Waals surface area contributed by atoms with Gasteiger partial charge in [0.1, 0.15) is 0 Å². The molecule has 2 heteroatoms. The Morgan fingerprint density at radius 2 is 2.18 bits per heavy atom. The summed E-state index contributed by atoms with van der Waals surface area (Å²) in [4.78, 5) is 4.47. The Morgan fingerprint density at radius 1 is 1.24 bits per heavy atom. The molecule has 0 fully saturated rings. The largest absolute Gasteiger partial charge is 0.305 e. The third kappa shape index (κ3) is 1.96. The van der Waals surface area contributed by atoms with Crippen LogP contribution in [0.1, 0.15) is 28.4 Å². The number of aromatic nitrogens is 1. The van der Waals surface area contributed by atoms with Crippen molar-refractivity contribution in [1.82, 2.24) is 10.3 Å². The Morgan fingerprint density at radius 3 is 3.00 bits per heavy atom. The van der Waals surface area contributed by atoms with Gasteiger partial charge in [-0.25, -0.2) is 0 Å². The Kier molecular flexibility index (Phi) is 2.65. The Bertz CT molecular complexity index is 520. The highest BCUT2D eigenvalue weighted by Gasteiger charge is 2.21. The average molecular weight is 224 g/mol.